The Morgan fingerprint density at radius 2 is 1.09 bits per heavy atom. The van der Waals surface area contributed by atoms with Gasteiger partial charge in [0.1, 0.15) is 37.0 Å². The maximum absolute atomic E-state index is 15.6. The van der Waals surface area contributed by atoms with E-state index < -0.39 is 12.0 Å². The number of aromatic nitrogens is 2. The first-order valence-corrected chi connectivity index (χ1v) is 19.2. The predicted octanol–water partition coefficient (Wildman–Crippen LogP) is 9.67. The lowest BCUT2D eigenvalue weighted by Gasteiger charge is -2.16. The van der Waals surface area contributed by atoms with Crippen LogP contribution in [-0.4, -0.2) is 45.0 Å². The topological polar surface area (TPSA) is 92.0 Å². The van der Waals surface area contributed by atoms with Crippen LogP contribution in [0.3, 0.4) is 0 Å². The Balaban J connectivity index is 1.22. The standard InChI is InChI=1S/C49H39N3O6/c53-47(44-28-38-27-39(57-32-36-17-9-3-10-18-36)21-23-42(38)51(44)30-34-13-5-1-6-14-34)45-41-29-40(58-33-37-19-11-4-12-20-37)22-24-43(41)52(31-35-15-7-2-8-16-35)46(45)48(54)50-25-26-56-49(50)55/h1-24,27-29H,25-26,30-33H2. The molecule has 286 valence electrons. The highest BCUT2D eigenvalue weighted by molar-refractivity contribution is 6.24. The summed E-state index contributed by atoms with van der Waals surface area (Å²) < 4.78 is 21.6. The van der Waals surface area contributed by atoms with Gasteiger partial charge in [-0.05, 0) is 64.7 Å². The van der Waals surface area contributed by atoms with Crippen molar-refractivity contribution < 1.29 is 28.6 Å². The number of carbonyl (C=O) groups excluding carboxylic acids is 3. The lowest BCUT2D eigenvalue weighted by molar-refractivity contribution is 0.0795. The number of nitrogens with zero attached hydrogens (tertiary/aromatic N) is 3. The zero-order valence-electron chi connectivity index (χ0n) is 31.6. The van der Waals surface area contributed by atoms with Crippen LogP contribution in [-0.2, 0) is 31.0 Å². The van der Waals surface area contributed by atoms with Crippen LogP contribution in [0.5, 0.6) is 11.5 Å². The third-order valence-corrected chi connectivity index (χ3v) is 10.4. The molecule has 0 bridgehead atoms. The van der Waals surface area contributed by atoms with Crippen molar-refractivity contribution in [3.63, 3.8) is 0 Å². The highest BCUT2D eigenvalue weighted by atomic mass is 16.6. The largest absolute Gasteiger partial charge is 0.489 e. The molecule has 0 spiro atoms. The summed E-state index contributed by atoms with van der Waals surface area (Å²) in [4.78, 5) is 44.5. The second kappa shape index (κ2) is 16.0. The number of rotatable bonds is 13. The molecule has 1 aliphatic rings. The molecule has 0 unspecified atom stereocenters. The number of fused-ring (bicyclic) bond motifs is 2. The zero-order valence-corrected chi connectivity index (χ0v) is 31.6. The molecular formula is C49H39N3O6. The fourth-order valence-electron chi connectivity index (χ4n) is 7.58. The Hall–Kier alpha value is -7.39. The summed E-state index contributed by atoms with van der Waals surface area (Å²) in [6.07, 6.45) is -0.743. The van der Waals surface area contributed by atoms with E-state index in [1.807, 2.05) is 173 Å². The molecule has 9 rings (SSSR count). The van der Waals surface area contributed by atoms with Crippen molar-refractivity contribution in [1.29, 1.82) is 0 Å². The van der Waals surface area contributed by atoms with Crippen molar-refractivity contribution in [1.82, 2.24) is 14.0 Å². The molecular weight excluding hydrogens is 727 g/mol. The van der Waals surface area contributed by atoms with Gasteiger partial charge >= 0.3 is 6.09 Å². The quantitative estimate of drug-likeness (QED) is 0.109. The third kappa shape index (κ3) is 7.33. The van der Waals surface area contributed by atoms with Crippen LogP contribution in [0, 0.1) is 0 Å². The molecule has 2 amide bonds. The first-order valence-electron chi connectivity index (χ1n) is 19.2. The fourth-order valence-corrected chi connectivity index (χ4v) is 7.58. The van der Waals surface area contributed by atoms with E-state index in [2.05, 4.69) is 0 Å². The summed E-state index contributed by atoms with van der Waals surface area (Å²) >= 11 is 0. The highest BCUT2D eigenvalue weighted by Gasteiger charge is 2.37. The van der Waals surface area contributed by atoms with E-state index in [1.54, 1.807) is 0 Å². The molecule has 58 heavy (non-hydrogen) atoms. The Morgan fingerprint density at radius 1 is 0.569 bits per heavy atom. The van der Waals surface area contributed by atoms with Gasteiger partial charge in [0.2, 0.25) is 5.78 Å². The number of hydrogen-bond donors (Lipinski definition) is 0. The summed E-state index contributed by atoms with van der Waals surface area (Å²) in [6.45, 7) is 1.52. The van der Waals surface area contributed by atoms with Crippen LogP contribution in [0.25, 0.3) is 21.8 Å². The Kier molecular flexibility index (Phi) is 10.00. The molecule has 0 N–H and O–H groups in total. The van der Waals surface area contributed by atoms with Crippen molar-refractivity contribution in [2.75, 3.05) is 13.2 Å². The summed E-state index contributed by atoms with van der Waals surface area (Å²) in [5.74, 6) is 0.223. The Bertz CT molecular complexity index is 2760. The maximum Gasteiger partial charge on any atom is 0.417 e. The third-order valence-electron chi connectivity index (χ3n) is 10.4. The fraction of sp³-hybridized carbons (Fsp3) is 0.122. The Labute approximate surface area is 335 Å². The molecule has 1 aliphatic heterocycles. The minimum absolute atomic E-state index is 0.0730. The van der Waals surface area contributed by atoms with Crippen molar-refractivity contribution in [2.45, 2.75) is 26.3 Å². The second-order valence-corrected chi connectivity index (χ2v) is 14.2. The molecule has 1 saturated heterocycles. The van der Waals surface area contributed by atoms with Crippen molar-refractivity contribution >= 4 is 39.6 Å². The molecule has 3 heterocycles. The van der Waals surface area contributed by atoms with Gasteiger partial charge in [0, 0.05) is 34.9 Å². The molecule has 6 aromatic carbocycles. The number of carbonyl (C=O) groups is 3. The van der Waals surface area contributed by atoms with E-state index >= 15 is 4.79 Å². The van der Waals surface area contributed by atoms with Crippen LogP contribution in [0.15, 0.2) is 164 Å². The number of amides is 2. The van der Waals surface area contributed by atoms with E-state index in [0.717, 1.165) is 38.1 Å². The van der Waals surface area contributed by atoms with Gasteiger partial charge in [-0.15, -0.1) is 0 Å². The minimum Gasteiger partial charge on any atom is -0.489 e. The summed E-state index contributed by atoms with van der Waals surface area (Å²) in [5, 5.41) is 1.34. The van der Waals surface area contributed by atoms with Crippen LogP contribution < -0.4 is 9.47 Å². The van der Waals surface area contributed by atoms with Crippen molar-refractivity contribution in [2.24, 2.45) is 0 Å². The molecule has 2 aromatic heterocycles. The highest BCUT2D eigenvalue weighted by Crippen LogP contribution is 2.36. The number of imide groups is 1. The number of ether oxygens (including phenoxy) is 3. The van der Waals surface area contributed by atoms with Gasteiger partial charge in [-0.3, -0.25) is 9.59 Å². The maximum atomic E-state index is 15.6. The molecule has 0 atom stereocenters. The minimum atomic E-state index is -0.743. The molecule has 0 aliphatic carbocycles. The van der Waals surface area contributed by atoms with Crippen molar-refractivity contribution in [3.8, 4) is 11.5 Å². The van der Waals surface area contributed by atoms with Crippen LogP contribution in [0.2, 0.25) is 0 Å². The van der Waals surface area contributed by atoms with Gasteiger partial charge in [0.15, 0.2) is 0 Å². The SMILES string of the molecule is O=C(c1c(C(=O)N2CCOC2=O)n(Cc2ccccc2)c2ccc(OCc3ccccc3)cc12)c1cc2cc(OCc3ccccc3)ccc2n1Cc1ccccc1. The average molecular weight is 766 g/mol. The van der Waals surface area contributed by atoms with Gasteiger partial charge < -0.3 is 23.3 Å². The summed E-state index contributed by atoms with van der Waals surface area (Å²) in [5.41, 5.74) is 6.09. The van der Waals surface area contributed by atoms with Gasteiger partial charge in [-0.2, -0.15) is 0 Å². The average Bonchev–Trinajstić information content (AvgIpc) is 3.96. The monoisotopic (exact) mass is 765 g/mol. The molecule has 0 radical (unpaired) electrons. The lowest BCUT2D eigenvalue weighted by Crippen LogP contribution is -2.34. The van der Waals surface area contributed by atoms with Gasteiger partial charge in [-0.25, -0.2) is 9.69 Å². The predicted molar refractivity (Wildman–Crippen MR) is 222 cm³/mol. The number of ketones is 1. The first kappa shape index (κ1) is 36.3. The number of benzene rings is 6. The zero-order chi connectivity index (χ0) is 39.4. The normalized spacial score (nSPS) is 12.6. The lowest BCUT2D eigenvalue weighted by atomic mass is 10.0. The molecule has 1 fully saturated rings. The summed E-state index contributed by atoms with van der Waals surface area (Å²) in [6, 6.07) is 52.7. The van der Waals surface area contributed by atoms with Crippen molar-refractivity contribution in [3.05, 3.63) is 203 Å². The number of hydrogen-bond acceptors (Lipinski definition) is 6. The number of cyclic esters (lactones) is 1. The molecule has 9 heteroatoms. The van der Waals surface area contributed by atoms with E-state index in [9.17, 15) is 9.59 Å². The molecule has 0 saturated carbocycles. The first-order chi connectivity index (χ1) is 28.5. The van der Waals surface area contributed by atoms with E-state index in [1.165, 1.54) is 0 Å². The van der Waals surface area contributed by atoms with Gasteiger partial charge in [0.25, 0.3) is 5.91 Å². The van der Waals surface area contributed by atoms with E-state index in [4.69, 9.17) is 14.2 Å². The molecule has 8 aromatic rings. The van der Waals surface area contributed by atoms with Crippen LogP contribution in [0.4, 0.5) is 4.79 Å². The smallest absolute Gasteiger partial charge is 0.417 e. The van der Waals surface area contributed by atoms with Crippen LogP contribution in [0.1, 0.15) is 48.8 Å². The van der Waals surface area contributed by atoms with E-state index in [0.29, 0.717) is 47.9 Å². The molecule has 9 nitrogen and oxygen atoms in total. The van der Waals surface area contributed by atoms with Gasteiger partial charge in [-0.1, -0.05) is 121 Å². The van der Waals surface area contributed by atoms with E-state index in [-0.39, 0.29) is 36.7 Å². The second-order valence-electron chi connectivity index (χ2n) is 14.2. The Morgan fingerprint density at radius 3 is 1.64 bits per heavy atom. The van der Waals surface area contributed by atoms with Crippen LogP contribution >= 0.6 is 0 Å². The summed E-state index contributed by atoms with van der Waals surface area (Å²) in [7, 11) is 0. The van der Waals surface area contributed by atoms with Gasteiger partial charge in [0.05, 0.1) is 17.8 Å².